The summed E-state index contributed by atoms with van der Waals surface area (Å²) in [6, 6.07) is 15.9. The Bertz CT molecular complexity index is 1080. The van der Waals surface area contributed by atoms with Crippen LogP contribution in [0.4, 0.5) is 16.3 Å². The zero-order chi connectivity index (χ0) is 21.5. The summed E-state index contributed by atoms with van der Waals surface area (Å²) >= 11 is 0. The van der Waals surface area contributed by atoms with Gasteiger partial charge in [0.25, 0.3) is 0 Å². The fraction of sp³-hybridized carbons (Fsp3) is 0.292. The largest absolute Gasteiger partial charge is 0.369 e. The molecule has 0 saturated carbocycles. The van der Waals surface area contributed by atoms with Gasteiger partial charge in [-0.3, -0.25) is 0 Å². The van der Waals surface area contributed by atoms with E-state index in [9.17, 15) is 10.1 Å². The lowest BCUT2D eigenvalue weighted by atomic mass is 10.1. The molecular formula is C24H27N5O. The van der Waals surface area contributed by atoms with Crippen molar-refractivity contribution in [3.05, 3.63) is 64.7 Å². The number of pyridine rings is 1. The van der Waals surface area contributed by atoms with E-state index in [2.05, 4.69) is 46.1 Å². The van der Waals surface area contributed by atoms with Crippen LogP contribution >= 0.6 is 0 Å². The van der Waals surface area contributed by atoms with Crippen molar-refractivity contribution in [3.8, 4) is 6.07 Å². The third-order valence-electron chi connectivity index (χ3n) is 5.06. The van der Waals surface area contributed by atoms with E-state index in [-0.39, 0.29) is 6.03 Å². The Morgan fingerprint density at radius 1 is 1.10 bits per heavy atom. The topological polar surface area (TPSA) is 89.8 Å². The molecule has 0 aliphatic rings. The van der Waals surface area contributed by atoms with Crippen LogP contribution in [0.15, 0.2) is 42.5 Å². The molecule has 0 fully saturated rings. The summed E-state index contributed by atoms with van der Waals surface area (Å²) in [5.74, 6) is 0.578. The molecule has 1 heterocycles. The van der Waals surface area contributed by atoms with Gasteiger partial charge in [-0.1, -0.05) is 31.2 Å². The molecule has 6 heteroatoms. The summed E-state index contributed by atoms with van der Waals surface area (Å²) in [6.07, 6.45) is 1.65. The molecule has 2 aromatic carbocycles. The summed E-state index contributed by atoms with van der Waals surface area (Å²) in [7, 11) is 0. The quantitative estimate of drug-likeness (QED) is 0.491. The van der Waals surface area contributed by atoms with E-state index in [1.807, 2.05) is 44.2 Å². The van der Waals surface area contributed by atoms with Crippen LogP contribution in [0.5, 0.6) is 0 Å². The Morgan fingerprint density at radius 2 is 1.87 bits per heavy atom. The molecule has 3 rings (SSSR count). The highest BCUT2D eigenvalue weighted by molar-refractivity contribution is 5.91. The second kappa shape index (κ2) is 9.75. The van der Waals surface area contributed by atoms with Crippen molar-refractivity contribution < 1.29 is 4.79 Å². The molecular weight excluding hydrogens is 374 g/mol. The molecule has 0 aliphatic heterocycles. The summed E-state index contributed by atoms with van der Waals surface area (Å²) < 4.78 is 0. The molecule has 1 aromatic heterocycles. The van der Waals surface area contributed by atoms with Gasteiger partial charge < -0.3 is 16.0 Å². The van der Waals surface area contributed by atoms with Crippen molar-refractivity contribution in [2.75, 3.05) is 23.7 Å². The van der Waals surface area contributed by atoms with Crippen LogP contribution in [0.2, 0.25) is 0 Å². The van der Waals surface area contributed by atoms with Gasteiger partial charge in [-0.2, -0.15) is 5.26 Å². The van der Waals surface area contributed by atoms with Gasteiger partial charge in [0.05, 0.1) is 11.1 Å². The number of para-hydroxylation sites is 1. The van der Waals surface area contributed by atoms with Crippen LogP contribution < -0.4 is 16.0 Å². The maximum atomic E-state index is 12.2. The number of hydrogen-bond acceptors (Lipinski definition) is 4. The summed E-state index contributed by atoms with van der Waals surface area (Å²) in [6.45, 7) is 7.16. The maximum absolute atomic E-state index is 12.2. The molecule has 0 atom stereocenters. The van der Waals surface area contributed by atoms with Crippen molar-refractivity contribution in [3.63, 3.8) is 0 Å². The Morgan fingerprint density at radius 3 is 2.57 bits per heavy atom. The zero-order valence-electron chi connectivity index (χ0n) is 17.7. The van der Waals surface area contributed by atoms with Gasteiger partial charge in [0.2, 0.25) is 0 Å². The molecule has 30 heavy (non-hydrogen) atoms. The van der Waals surface area contributed by atoms with Crippen molar-refractivity contribution in [2.45, 2.75) is 33.6 Å². The first-order chi connectivity index (χ1) is 14.5. The molecule has 0 radical (unpaired) electrons. The van der Waals surface area contributed by atoms with Crippen molar-refractivity contribution in [2.24, 2.45) is 0 Å². The van der Waals surface area contributed by atoms with Gasteiger partial charge in [0.1, 0.15) is 11.9 Å². The Labute approximate surface area is 177 Å². The summed E-state index contributed by atoms with van der Waals surface area (Å²) in [5, 5.41) is 19.4. The smallest absolute Gasteiger partial charge is 0.319 e. The maximum Gasteiger partial charge on any atom is 0.319 e. The van der Waals surface area contributed by atoms with Crippen LogP contribution in [0.1, 0.15) is 35.6 Å². The Balaban J connectivity index is 1.52. The van der Waals surface area contributed by atoms with Gasteiger partial charge >= 0.3 is 6.03 Å². The van der Waals surface area contributed by atoms with E-state index in [0.29, 0.717) is 30.9 Å². The molecule has 0 aliphatic carbocycles. The number of fused-ring (bicyclic) bond motifs is 1. The monoisotopic (exact) mass is 401 g/mol. The lowest BCUT2D eigenvalue weighted by molar-refractivity contribution is 0.252. The minimum atomic E-state index is -0.222. The average Bonchev–Trinajstić information content (AvgIpc) is 2.75. The number of urea groups is 1. The fourth-order valence-corrected chi connectivity index (χ4v) is 3.33. The van der Waals surface area contributed by atoms with Crippen LogP contribution in [0.25, 0.3) is 10.9 Å². The highest BCUT2D eigenvalue weighted by Gasteiger charge is 2.08. The van der Waals surface area contributed by atoms with E-state index in [1.165, 1.54) is 5.56 Å². The van der Waals surface area contributed by atoms with E-state index in [1.54, 1.807) is 0 Å². The fourth-order valence-electron chi connectivity index (χ4n) is 3.33. The number of carbonyl (C=O) groups is 1. The predicted octanol–water partition coefficient (Wildman–Crippen LogP) is 4.91. The van der Waals surface area contributed by atoms with Gasteiger partial charge in [0, 0.05) is 24.2 Å². The Hall–Kier alpha value is -3.59. The van der Waals surface area contributed by atoms with E-state index in [0.717, 1.165) is 34.1 Å². The second-order valence-corrected chi connectivity index (χ2v) is 7.30. The first-order valence-electron chi connectivity index (χ1n) is 10.2. The van der Waals surface area contributed by atoms with Crippen molar-refractivity contribution in [1.29, 1.82) is 5.26 Å². The molecule has 0 bridgehead atoms. The highest BCUT2D eigenvalue weighted by Crippen LogP contribution is 2.22. The number of carbonyl (C=O) groups excluding carboxylic acids is 1. The van der Waals surface area contributed by atoms with Crippen LogP contribution in [0, 0.1) is 25.2 Å². The number of rotatable bonds is 7. The third kappa shape index (κ3) is 5.06. The van der Waals surface area contributed by atoms with Crippen molar-refractivity contribution in [1.82, 2.24) is 10.3 Å². The number of aryl methyl sites for hydroxylation is 3. The SMILES string of the molecule is CCc1ccc2nc(NCCCNC(=O)Nc3c(C)cccc3C)c(C#N)cc2c1. The highest BCUT2D eigenvalue weighted by atomic mass is 16.2. The lowest BCUT2D eigenvalue weighted by Crippen LogP contribution is -2.31. The van der Waals surface area contributed by atoms with E-state index in [4.69, 9.17) is 0 Å². The standard InChI is InChI=1S/C24H27N5O/c1-4-18-9-10-21-19(13-18)14-20(15-25)23(28-21)26-11-6-12-27-24(30)29-22-16(2)7-5-8-17(22)3/h5,7-10,13-14H,4,6,11-12H2,1-3H3,(H,26,28)(H2,27,29,30). The number of hydrogen-bond donors (Lipinski definition) is 3. The van der Waals surface area contributed by atoms with Crippen LogP contribution in [-0.4, -0.2) is 24.1 Å². The number of benzene rings is 2. The molecule has 0 spiro atoms. The molecule has 0 unspecified atom stereocenters. The van der Waals surface area contributed by atoms with Gasteiger partial charge in [-0.05, 0) is 61.6 Å². The molecule has 0 saturated heterocycles. The predicted molar refractivity (Wildman–Crippen MR) is 122 cm³/mol. The number of nitrogens with one attached hydrogen (secondary N) is 3. The molecule has 3 aromatic rings. The first kappa shape index (κ1) is 21.1. The summed E-state index contributed by atoms with van der Waals surface area (Å²) in [5.41, 5.74) is 5.52. The number of aromatic nitrogens is 1. The van der Waals surface area contributed by atoms with Crippen molar-refractivity contribution >= 4 is 28.4 Å². The second-order valence-electron chi connectivity index (χ2n) is 7.30. The molecule has 154 valence electrons. The number of nitriles is 1. The zero-order valence-corrected chi connectivity index (χ0v) is 17.7. The Kier molecular flexibility index (Phi) is 6.87. The molecule has 6 nitrogen and oxygen atoms in total. The lowest BCUT2D eigenvalue weighted by Gasteiger charge is -2.13. The molecule has 3 N–H and O–H groups in total. The van der Waals surface area contributed by atoms with E-state index < -0.39 is 0 Å². The van der Waals surface area contributed by atoms with Gasteiger partial charge in [-0.25, -0.2) is 9.78 Å². The van der Waals surface area contributed by atoms with E-state index >= 15 is 0 Å². The minimum Gasteiger partial charge on any atom is -0.369 e. The summed E-state index contributed by atoms with van der Waals surface area (Å²) in [4.78, 5) is 16.7. The average molecular weight is 402 g/mol. The molecule has 2 amide bonds. The van der Waals surface area contributed by atoms with Gasteiger partial charge in [0.15, 0.2) is 0 Å². The third-order valence-corrected chi connectivity index (χ3v) is 5.06. The normalized spacial score (nSPS) is 10.5. The number of nitrogens with zero attached hydrogens (tertiary/aromatic N) is 2. The van der Waals surface area contributed by atoms with Crippen LogP contribution in [-0.2, 0) is 6.42 Å². The number of amides is 2. The van der Waals surface area contributed by atoms with Crippen LogP contribution in [0.3, 0.4) is 0 Å². The van der Waals surface area contributed by atoms with Gasteiger partial charge in [-0.15, -0.1) is 0 Å². The number of anilines is 2. The minimum absolute atomic E-state index is 0.222. The first-order valence-corrected chi connectivity index (χ1v) is 10.2.